The second-order valence-corrected chi connectivity index (χ2v) is 6.59. The topological polar surface area (TPSA) is 20.2 Å². The van der Waals surface area contributed by atoms with E-state index in [1.807, 2.05) is 6.92 Å². The Balaban J connectivity index is 1.91. The fourth-order valence-electron chi connectivity index (χ4n) is 3.68. The van der Waals surface area contributed by atoms with Crippen molar-refractivity contribution in [3.8, 4) is 0 Å². The van der Waals surface area contributed by atoms with E-state index in [0.29, 0.717) is 0 Å². The maximum absolute atomic E-state index is 11.1. The largest absolute Gasteiger partial charge is 0.381 e. The molecule has 1 nitrogen and oxygen atoms in total. The molecule has 0 radical (unpaired) electrons. The molecule has 0 aromatic heterocycles. The standard InChI is InChI=1S/C19H26O/c1-19(20,17-10-4-2-3-5-11-17)18-13-12-15-8-6-7-9-16(15)14-18/h10,12-14,20H,2-9,11H2,1H3. The molecule has 3 rings (SSSR count). The fourth-order valence-corrected chi connectivity index (χ4v) is 3.68. The third-order valence-corrected chi connectivity index (χ3v) is 5.08. The molecule has 2 aliphatic carbocycles. The van der Waals surface area contributed by atoms with Gasteiger partial charge in [-0.05, 0) is 80.6 Å². The average Bonchev–Trinajstić information content (AvgIpc) is 2.76. The Kier molecular flexibility index (Phi) is 3.98. The summed E-state index contributed by atoms with van der Waals surface area (Å²) < 4.78 is 0. The van der Waals surface area contributed by atoms with Crippen LogP contribution in [0, 0.1) is 0 Å². The number of aryl methyl sites for hydroxylation is 2. The van der Waals surface area contributed by atoms with Gasteiger partial charge in [-0.2, -0.15) is 0 Å². The summed E-state index contributed by atoms with van der Waals surface area (Å²) in [5, 5.41) is 11.1. The molecule has 2 aliphatic rings. The average molecular weight is 270 g/mol. The number of allylic oxidation sites excluding steroid dienone is 1. The van der Waals surface area contributed by atoms with Gasteiger partial charge in [0.25, 0.3) is 0 Å². The Hall–Kier alpha value is -1.08. The third kappa shape index (κ3) is 2.69. The molecule has 0 bridgehead atoms. The minimum Gasteiger partial charge on any atom is -0.381 e. The van der Waals surface area contributed by atoms with Gasteiger partial charge in [-0.25, -0.2) is 0 Å². The van der Waals surface area contributed by atoms with Crippen LogP contribution in [0.2, 0.25) is 0 Å². The Labute approximate surface area is 122 Å². The predicted molar refractivity (Wildman–Crippen MR) is 83.8 cm³/mol. The lowest BCUT2D eigenvalue weighted by Crippen LogP contribution is -2.24. The number of hydrogen-bond acceptors (Lipinski definition) is 1. The van der Waals surface area contributed by atoms with Crippen LogP contribution in [0.4, 0.5) is 0 Å². The second-order valence-electron chi connectivity index (χ2n) is 6.59. The summed E-state index contributed by atoms with van der Waals surface area (Å²) in [6.45, 7) is 1.98. The second kappa shape index (κ2) is 5.73. The monoisotopic (exact) mass is 270 g/mol. The molecule has 108 valence electrons. The first-order valence-corrected chi connectivity index (χ1v) is 8.22. The number of aliphatic hydroxyl groups is 1. The first kappa shape index (κ1) is 13.9. The lowest BCUT2D eigenvalue weighted by molar-refractivity contribution is 0.0930. The highest BCUT2D eigenvalue weighted by Gasteiger charge is 2.29. The SMILES string of the molecule is CC(O)(C1=CCCCCC1)c1ccc2c(c1)CCCC2. The minimum atomic E-state index is -0.781. The zero-order valence-corrected chi connectivity index (χ0v) is 12.6. The Morgan fingerprint density at radius 3 is 2.50 bits per heavy atom. The maximum atomic E-state index is 11.1. The first-order chi connectivity index (χ1) is 9.68. The van der Waals surface area contributed by atoms with Gasteiger partial charge in [-0.15, -0.1) is 0 Å². The maximum Gasteiger partial charge on any atom is 0.108 e. The molecule has 0 aliphatic heterocycles. The van der Waals surface area contributed by atoms with Gasteiger partial charge in [0.2, 0.25) is 0 Å². The summed E-state index contributed by atoms with van der Waals surface area (Å²) in [6.07, 6.45) is 13.2. The van der Waals surface area contributed by atoms with E-state index in [2.05, 4.69) is 24.3 Å². The van der Waals surface area contributed by atoms with E-state index in [1.54, 1.807) is 0 Å². The van der Waals surface area contributed by atoms with Crippen LogP contribution in [0.1, 0.15) is 68.6 Å². The van der Waals surface area contributed by atoms with Crippen molar-refractivity contribution >= 4 is 0 Å². The van der Waals surface area contributed by atoms with Crippen molar-refractivity contribution in [2.45, 2.75) is 70.3 Å². The zero-order valence-electron chi connectivity index (χ0n) is 12.6. The van der Waals surface area contributed by atoms with Gasteiger partial charge >= 0.3 is 0 Å². The number of rotatable bonds is 2. The molecule has 0 saturated heterocycles. The van der Waals surface area contributed by atoms with Crippen LogP contribution in [-0.2, 0) is 18.4 Å². The van der Waals surface area contributed by atoms with E-state index in [9.17, 15) is 5.11 Å². The quantitative estimate of drug-likeness (QED) is 0.775. The van der Waals surface area contributed by atoms with E-state index in [-0.39, 0.29) is 0 Å². The summed E-state index contributed by atoms with van der Waals surface area (Å²) in [4.78, 5) is 0. The summed E-state index contributed by atoms with van der Waals surface area (Å²) in [6, 6.07) is 6.66. The van der Waals surface area contributed by atoms with Gasteiger partial charge < -0.3 is 5.11 Å². The highest BCUT2D eigenvalue weighted by molar-refractivity contribution is 5.40. The zero-order chi connectivity index (χ0) is 14.0. The highest BCUT2D eigenvalue weighted by Crippen LogP contribution is 2.36. The molecule has 1 unspecified atom stereocenters. The lowest BCUT2D eigenvalue weighted by atomic mass is 9.82. The molecule has 1 N–H and O–H groups in total. The van der Waals surface area contributed by atoms with Crippen LogP contribution in [-0.4, -0.2) is 5.11 Å². The van der Waals surface area contributed by atoms with Crippen molar-refractivity contribution in [1.29, 1.82) is 0 Å². The summed E-state index contributed by atoms with van der Waals surface area (Å²) in [5.74, 6) is 0. The molecule has 1 heteroatoms. The van der Waals surface area contributed by atoms with Crippen LogP contribution in [0.15, 0.2) is 29.8 Å². The van der Waals surface area contributed by atoms with Crippen molar-refractivity contribution in [2.24, 2.45) is 0 Å². The molecule has 1 aromatic rings. The van der Waals surface area contributed by atoms with Crippen molar-refractivity contribution in [1.82, 2.24) is 0 Å². The van der Waals surface area contributed by atoms with Crippen molar-refractivity contribution < 1.29 is 5.11 Å². The van der Waals surface area contributed by atoms with Crippen molar-refractivity contribution in [2.75, 3.05) is 0 Å². The van der Waals surface area contributed by atoms with Crippen LogP contribution >= 0.6 is 0 Å². The van der Waals surface area contributed by atoms with Gasteiger partial charge in [0.15, 0.2) is 0 Å². The molecular formula is C19H26O. The smallest absolute Gasteiger partial charge is 0.108 e. The predicted octanol–water partition coefficient (Wildman–Crippen LogP) is 4.66. The van der Waals surface area contributed by atoms with Gasteiger partial charge in [0.1, 0.15) is 5.60 Å². The van der Waals surface area contributed by atoms with Crippen LogP contribution in [0.25, 0.3) is 0 Å². The van der Waals surface area contributed by atoms with Gasteiger partial charge in [-0.3, -0.25) is 0 Å². The van der Waals surface area contributed by atoms with Crippen molar-refractivity contribution in [3.63, 3.8) is 0 Å². The molecular weight excluding hydrogens is 244 g/mol. The number of benzene rings is 1. The minimum absolute atomic E-state index is 0.781. The number of hydrogen-bond donors (Lipinski definition) is 1. The van der Waals surface area contributed by atoms with Gasteiger partial charge in [0.05, 0.1) is 0 Å². The lowest BCUT2D eigenvalue weighted by Gasteiger charge is -2.29. The molecule has 20 heavy (non-hydrogen) atoms. The molecule has 0 amide bonds. The fraction of sp³-hybridized carbons (Fsp3) is 0.579. The first-order valence-electron chi connectivity index (χ1n) is 8.22. The van der Waals surface area contributed by atoms with Gasteiger partial charge in [0, 0.05) is 0 Å². The molecule has 1 atom stereocenters. The Morgan fingerprint density at radius 2 is 1.65 bits per heavy atom. The highest BCUT2D eigenvalue weighted by atomic mass is 16.3. The summed E-state index contributed by atoms with van der Waals surface area (Å²) >= 11 is 0. The molecule has 0 spiro atoms. The summed E-state index contributed by atoms with van der Waals surface area (Å²) in [5.41, 5.74) is 4.49. The van der Waals surface area contributed by atoms with E-state index in [1.165, 1.54) is 61.6 Å². The summed E-state index contributed by atoms with van der Waals surface area (Å²) in [7, 11) is 0. The molecule has 0 fully saturated rings. The van der Waals surface area contributed by atoms with E-state index < -0.39 is 5.60 Å². The van der Waals surface area contributed by atoms with E-state index in [4.69, 9.17) is 0 Å². The van der Waals surface area contributed by atoms with Crippen LogP contribution in [0.5, 0.6) is 0 Å². The molecule has 0 heterocycles. The normalized spacial score (nSPS) is 22.4. The van der Waals surface area contributed by atoms with Crippen LogP contribution in [0.3, 0.4) is 0 Å². The van der Waals surface area contributed by atoms with E-state index in [0.717, 1.165) is 18.4 Å². The molecule has 0 saturated carbocycles. The van der Waals surface area contributed by atoms with E-state index >= 15 is 0 Å². The van der Waals surface area contributed by atoms with Crippen molar-refractivity contribution in [3.05, 3.63) is 46.5 Å². The molecule has 1 aromatic carbocycles. The Bertz CT molecular complexity index is 510. The van der Waals surface area contributed by atoms with Gasteiger partial charge in [-0.1, -0.05) is 30.7 Å². The third-order valence-electron chi connectivity index (χ3n) is 5.08. The number of fused-ring (bicyclic) bond motifs is 1. The van der Waals surface area contributed by atoms with Crippen LogP contribution < -0.4 is 0 Å². The Morgan fingerprint density at radius 1 is 0.900 bits per heavy atom.